The number of allylic oxidation sites excluding steroid dienone is 2. The number of aromatic nitrogens is 1. The lowest BCUT2D eigenvalue weighted by molar-refractivity contribution is -0.118. The standard InChI is InChI=1S/C21H19FN4O2/c1-21(2)7-13(27)16-14(8-21)28-20-17(18(24)12(9-23)19(25)26-20)15(16)10-3-5-11(22)6-4-10/h3-6,15H,7-8H2,1-2H3,(H4,24,25,26)/t15-/m0/s1. The van der Waals surface area contributed by atoms with Gasteiger partial charge in [0, 0.05) is 24.3 Å². The fourth-order valence-corrected chi connectivity index (χ4v) is 4.03. The van der Waals surface area contributed by atoms with Gasteiger partial charge < -0.3 is 16.2 Å². The predicted molar refractivity (Wildman–Crippen MR) is 102 cm³/mol. The molecule has 7 heteroatoms. The van der Waals surface area contributed by atoms with Gasteiger partial charge in [-0.1, -0.05) is 26.0 Å². The molecule has 1 aromatic heterocycles. The van der Waals surface area contributed by atoms with Gasteiger partial charge >= 0.3 is 0 Å². The van der Waals surface area contributed by atoms with E-state index in [-0.39, 0.29) is 40.0 Å². The summed E-state index contributed by atoms with van der Waals surface area (Å²) in [4.78, 5) is 17.3. The number of hydrogen-bond acceptors (Lipinski definition) is 6. The number of pyridine rings is 1. The van der Waals surface area contributed by atoms with Crippen LogP contribution in [0.15, 0.2) is 35.6 Å². The molecule has 1 atom stereocenters. The SMILES string of the molecule is CC1(C)CC(=O)C2=C(C1)Oc1nc(N)c(C#N)c(N)c1[C@H]2c1ccc(F)cc1. The maximum absolute atomic E-state index is 13.5. The number of Topliss-reactive ketones (excluding diaryl/α,β-unsaturated/α-hetero) is 1. The summed E-state index contributed by atoms with van der Waals surface area (Å²) in [5, 5.41) is 9.43. The molecule has 0 saturated carbocycles. The minimum Gasteiger partial charge on any atom is -0.442 e. The molecule has 1 aliphatic carbocycles. The van der Waals surface area contributed by atoms with Crippen molar-refractivity contribution in [3.05, 3.63) is 58.1 Å². The summed E-state index contributed by atoms with van der Waals surface area (Å²) in [6.45, 7) is 3.99. The van der Waals surface area contributed by atoms with Crippen LogP contribution in [0.2, 0.25) is 0 Å². The third kappa shape index (κ3) is 2.69. The molecular formula is C21H19FN4O2. The highest BCUT2D eigenvalue weighted by Crippen LogP contribution is 2.52. The van der Waals surface area contributed by atoms with E-state index in [4.69, 9.17) is 16.2 Å². The number of nitrogen functional groups attached to an aromatic ring is 2. The third-order valence-electron chi connectivity index (χ3n) is 5.26. The molecule has 6 nitrogen and oxygen atoms in total. The normalized spacial score (nSPS) is 20.1. The van der Waals surface area contributed by atoms with Crippen molar-refractivity contribution in [2.24, 2.45) is 5.41 Å². The van der Waals surface area contributed by atoms with Crippen LogP contribution < -0.4 is 16.2 Å². The fraction of sp³-hybridized carbons (Fsp3) is 0.286. The Bertz CT molecular complexity index is 1080. The Hall–Kier alpha value is -3.40. The Morgan fingerprint density at radius 1 is 1.25 bits per heavy atom. The molecule has 2 heterocycles. The van der Waals surface area contributed by atoms with Crippen molar-refractivity contribution in [3.63, 3.8) is 0 Å². The van der Waals surface area contributed by atoms with Gasteiger partial charge in [-0.05, 0) is 23.1 Å². The van der Waals surface area contributed by atoms with E-state index in [1.807, 2.05) is 19.9 Å². The van der Waals surface area contributed by atoms with Crippen LogP contribution in [0.5, 0.6) is 5.88 Å². The topological polar surface area (TPSA) is 115 Å². The van der Waals surface area contributed by atoms with Crippen molar-refractivity contribution in [1.82, 2.24) is 4.98 Å². The molecule has 0 fully saturated rings. The number of hydrogen-bond donors (Lipinski definition) is 2. The quantitative estimate of drug-likeness (QED) is 0.786. The Kier molecular flexibility index (Phi) is 3.89. The van der Waals surface area contributed by atoms with Gasteiger partial charge in [0.1, 0.15) is 29.0 Å². The van der Waals surface area contributed by atoms with Gasteiger partial charge in [0.05, 0.1) is 11.3 Å². The summed E-state index contributed by atoms with van der Waals surface area (Å²) in [6, 6.07) is 7.83. The van der Waals surface area contributed by atoms with Crippen LogP contribution in [0.3, 0.4) is 0 Å². The maximum atomic E-state index is 13.5. The summed E-state index contributed by atoms with van der Waals surface area (Å²) < 4.78 is 19.5. The first-order valence-corrected chi connectivity index (χ1v) is 8.90. The molecule has 0 saturated heterocycles. The number of halogens is 1. The van der Waals surface area contributed by atoms with Crippen LogP contribution in [0.4, 0.5) is 15.9 Å². The Labute approximate surface area is 161 Å². The van der Waals surface area contributed by atoms with Crippen molar-refractivity contribution < 1.29 is 13.9 Å². The second-order valence-corrected chi connectivity index (χ2v) is 7.98. The van der Waals surface area contributed by atoms with Crippen LogP contribution in [0.25, 0.3) is 0 Å². The molecule has 142 valence electrons. The zero-order chi connectivity index (χ0) is 20.2. The number of carbonyl (C=O) groups is 1. The average Bonchev–Trinajstić information content (AvgIpc) is 2.60. The van der Waals surface area contributed by atoms with Crippen LogP contribution in [-0.2, 0) is 4.79 Å². The highest BCUT2D eigenvalue weighted by molar-refractivity contribution is 6.00. The van der Waals surface area contributed by atoms with Crippen molar-refractivity contribution in [2.45, 2.75) is 32.6 Å². The van der Waals surface area contributed by atoms with E-state index in [2.05, 4.69) is 4.98 Å². The number of nitriles is 1. The smallest absolute Gasteiger partial charge is 0.227 e. The van der Waals surface area contributed by atoms with Crippen molar-refractivity contribution in [1.29, 1.82) is 5.26 Å². The molecule has 4 rings (SSSR count). The fourth-order valence-electron chi connectivity index (χ4n) is 4.03. The molecule has 4 N–H and O–H groups in total. The number of benzene rings is 1. The number of anilines is 2. The van der Waals surface area contributed by atoms with E-state index in [9.17, 15) is 14.4 Å². The molecule has 0 radical (unpaired) electrons. The number of nitrogens with zero attached hydrogens (tertiary/aromatic N) is 2. The van der Waals surface area contributed by atoms with E-state index in [1.54, 1.807) is 12.1 Å². The van der Waals surface area contributed by atoms with Crippen molar-refractivity contribution in [3.8, 4) is 11.9 Å². The number of ether oxygens (including phenoxy) is 1. The molecule has 0 bridgehead atoms. The molecule has 2 aromatic rings. The van der Waals surface area contributed by atoms with Gasteiger partial charge in [-0.15, -0.1) is 0 Å². The predicted octanol–water partition coefficient (Wildman–Crippen LogP) is 3.42. The van der Waals surface area contributed by atoms with Crippen molar-refractivity contribution in [2.75, 3.05) is 11.5 Å². The van der Waals surface area contributed by atoms with Gasteiger partial charge in [-0.3, -0.25) is 4.79 Å². The minimum atomic E-state index is -0.594. The largest absolute Gasteiger partial charge is 0.442 e. The Balaban J connectivity index is 2.02. The number of ketones is 1. The molecule has 2 aliphatic rings. The summed E-state index contributed by atoms with van der Waals surface area (Å²) in [6.07, 6.45) is 0.905. The zero-order valence-electron chi connectivity index (χ0n) is 15.5. The molecule has 1 aromatic carbocycles. The molecule has 0 spiro atoms. The lowest BCUT2D eigenvalue weighted by atomic mass is 9.70. The second kappa shape index (κ2) is 6.06. The molecule has 0 unspecified atom stereocenters. The van der Waals surface area contributed by atoms with Crippen LogP contribution >= 0.6 is 0 Å². The number of nitrogens with two attached hydrogens (primary N) is 2. The molecule has 28 heavy (non-hydrogen) atoms. The Morgan fingerprint density at radius 2 is 1.93 bits per heavy atom. The summed E-state index contributed by atoms with van der Waals surface area (Å²) in [5.74, 6) is -0.347. The van der Waals surface area contributed by atoms with Crippen LogP contribution in [-0.4, -0.2) is 10.8 Å². The Morgan fingerprint density at radius 3 is 2.57 bits per heavy atom. The molecular weight excluding hydrogens is 359 g/mol. The highest BCUT2D eigenvalue weighted by Gasteiger charge is 2.44. The summed E-state index contributed by atoms with van der Waals surface area (Å²) >= 11 is 0. The highest BCUT2D eigenvalue weighted by atomic mass is 19.1. The van der Waals surface area contributed by atoms with Crippen molar-refractivity contribution >= 4 is 17.3 Å². The van der Waals surface area contributed by atoms with Crippen LogP contribution in [0.1, 0.15) is 49.3 Å². The molecule has 1 aliphatic heterocycles. The second-order valence-electron chi connectivity index (χ2n) is 7.98. The first kappa shape index (κ1) is 18.0. The number of carbonyl (C=O) groups excluding carboxylic acids is 1. The van der Waals surface area contributed by atoms with Gasteiger partial charge in [0.2, 0.25) is 5.88 Å². The maximum Gasteiger partial charge on any atom is 0.227 e. The monoisotopic (exact) mass is 378 g/mol. The van der Waals surface area contributed by atoms with E-state index in [0.29, 0.717) is 35.3 Å². The van der Waals surface area contributed by atoms with E-state index in [0.717, 1.165) is 0 Å². The lowest BCUT2D eigenvalue weighted by Crippen LogP contribution is -2.33. The summed E-state index contributed by atoms with van der Waals surface area (Å²) in [5.41, 5.74) is 13.6. The van der Waals surface area contributed by atoms with Gasteiger partial charge in [0.25, 0.3) is 0 Å². The zero-order valence-corrected chi connectivity index (χ0v) is 15.5. The first-order valence-electron chi connectivity index (χ1n) is 8.90. The number of fused-ring (bicyclic) bond motifs is 1. The average molecular weight is 378 g/mol. The summed E-state index contributed by atoms with van der Waals surface area (Å²) in [7, 11) is 0. The van der Waals surface area contributed by atoms with Gasteiger partial charge in [-0.2, -0.15) is 10.2 Å². The number of rotatable bonds is 1. The van der Waals surface area contributed by atoms with E-state index < -0.39 is 5.92 Å². The third-order valence-corrected chi connectivity index (χ3v) is 5.26. The van der Waals surface area contributed by atoms with E-state index >= 15 is 0 Å². The lowest BCUT2D eigenvalue weighted by Gasteiger charge is -2.38. The van der Waals surface area contributed by atoms with Crippen LogP contribution in [0, 0.1) is 22.6 Å². The van der Waals surface area contributed by atoms with E-state index in [1.165, 1.54) is 12.1 Å². The van der Waals surface area contributed by atoms with Gasteiger partial charge in [0.15, 0.2) is 5.78 Å². The first-order chi connectivity index (χ1) is 13.2. The molecule has 0 amide bonds. The van der Waals surface area contributed by atoms with Gasteiger partial charge in [-0.25, -0.2) is 4.39 Å². The minimum absolute atomic E-state index is 0.0259.